The van der Waals surface area contributed by atoms with Gasteiger partial charge in [0.25, 0.3) is 5.91 Å². The van der Waals surface area contributed by atoms with Crippen LogP contribution in [-0.4, -0.2) is 29.6 Å². The zero-order valence-corrected chi connectivity index (χ0v) is 14.4. The Bertz CT molecular complexity index is 963. The molecule has 0 saturated heterocycles. The first-order chi connectivity index (χ1) is 12.6. The zero-order chi connectivity index (χ0) is 18.1. The third-order valence-electron chi connectivity index (χ3n) is 4.13. The summed E-state index contributed by atoms with van der Waals surface area (Å²) in [4.78, 5) is 12.5. The molecular weight excluding hydrogens is 334 g/mol. The minimum atomic E-state index is -0.292. The number of hydrogen-bond donors (Lipinski definition) is 1. The highest BCUT2D eigenvalue weighted by molar-refractivity contribution is 6.03. The van der Waals surface area contributed by atoms with E-state index in [1.807, 2.05) is 24.3 Å². The molecule has 0 bridgehead atoms. The van der Waals surface area contributed by atoms with Crippen LogP contribution < -0.4 is 19.5 Å². The van der Waals surface area contributed by atoms with E-state index in [0.717, 1.165) is 17.0 Å². The summed E-state index contributed by atoms with van der Waals surface area (Å²) in [6.45, 7) is 0.193. The molecule has 1 aliphatic rings. The number of methoxy groups -OCH3 is 1. The van der Waals surface area contributed by atoms with Crippen LogP contribution >= 0.6 is 0 Å². The van der Waals surface area contributed by atoms with Gasteiger partial charge in [-0.25, -0.2) is 0 Å². The Labute approximate surface area is 150 Å². The van der Waals surface area contributed by atoms with Crippen molar-refractivity contribution in [2.45, 2.75) is 0 Å². The van der Waals surface area contributed by atoms with Crippen molar-refractivity contribution in [3.05, 3.63) is 54.2 Å². The number of nitrogens with zero attached hydrogens (tertiary/aromatic N) is 2. The summed E-state index contributed by atoms with van der Waals surface area (Å²) in [5.41, 5.74) is 2.73. The van der Waals surface area contributed by atoms with Crippen LogP contribution in [0.2, 0.25) is 0 Å². The lowest BCUT2D eigenvalue weighted by Gasteiger charge is -2.04. The average Bonchev–Trinajstić information content (AvgIpc) is 3.28. The third-order valence-corrected chi connectivity index (χ3v) is 4.13. The molecule has 1 aromatic heterocycles. The first-order valence-corrected chi connectivity index (χ1v) is 8.03. The second-order valence-corrected chi connectivity index (χ2v) is 5.79. The molecule has 4 rings (SSSR count). The van der Waals surface area contributed by atoms with Gasteiger partial charge in [0, 0.05) is 24.4 Å². The lowest BCUT2D eigenvalue weighted by atomic mass is 10.1. The molecule has 0 fully saturated rings. The molecule has 132 valence electrons. The largest absolute Gasteiger partial charge is 0.497 e. The Morgan fingerprint density at radius 2 is 1.88 bits per heavy atom. The Morgan fingerprint density at radius 3 is 2.65 bits per heavy atom. The van der Waals surface area contributed by atoms with Crippen LogP contribution in [-0.2, 0) is 7.05 Å². The van der Waals surface area contributed by atoms with E-state index in [1.54, 1.807) is 43.1 Å². The lowest BCUT2D eigenvalue weighted by Crippen LogP contribution is -2.12. The normalized spacial score (nSPS) is 12.1. The van der Waals surface area contributed by atoms with Gasteiger partial charge in [-0.05, 0) is 42.5 Å². The molecule has 0 unspecified atom stereocenters. The average molecular weight is 351 g/mol. The van der Waals surface area contributed by atoms with Crippen LogP contribution in [0.15, 0.2) is 48.5 Å². The van der Waals surface area contributed by atoms with Gasteiger partial charge in [0.2, 0.25) is 6.79 Å². The predicted molar refractivity (Wildman–Crippen MR) is 95.7 cm³/mol. The Hall–Kier alpha value is -3.48. The van der Waals surface area contributed by atoms with Gasteiger partial charge in [-0.15, -0.1) is 0 Å². The van der Waals surface area contributed by atoms with Gasteiger partial charge in [0.1, 0.15) is 5.75 Å². The maximum absolute atomic E-state index is 12.5. The summed E-state index contributed by atoms with van der Waals surface area (Å²) in [6, 6.07) is 14.6. The van der Waals surface area contributed by atoms with Crippen LogP contribution in [0.4, 0.5) is 5.69 Å². The molecular formula is C19H17N3O4. The lowest BCUT2D eigenvalue weighted by molar-refractivity contribution is 0.102. The summed E-state index contributed by atoms with van der Waals surface area (Å²) in [5.74, 6) is 1.77. The van der Waals surface area contributed by atoms with Gasteiger partial charge in [-0.1, -0.05) is 0 Å². The first-order valence-electron chi connectivity index (χ1n) is 8.03. The van der Waals surface area contributed by atoms with Crippen LogP contribution in [0.3, 0.4) is 0 Å². The molecule has 0 radical (unpaired) electrons. The van der Waals surface area contributed by atoms with Crippen molar-refractivity contribution in [1.82, 2.24) is 9.78 Å². The quantitative estimate of drug-likeness (QED) is 0.782. The smallest absolute Gasteiger partial charge is 0.276 e. The van der Waals surface area contributed by atoms with E-state index in [9.17, 15) is 4.79 Å². The molecule has 1 N–H and O–H groups in total. The van der Waals surface area contributed by atoms with E-state index in [1.165, 1.54) is 0 Å². The number of fused-ring (bicyclic) bond motifs is 1. The summed E-state index contributed by atoms with van der Waals surface area (Å²) in [7, 11) is 3.43. The fraction of sp³-hybridized carbons (Fsp3) is 0.158. The number of nitrogens with one attached hydrogen (secondary N) is 1. The standard InChI is InChI=1S/C19H17N3O4/c1-22-16(12-3-6-14(24-2)7-4-12)10-15(21-22)19(23)20-13-5-8-17-18(9-13)26-11-25-17/h3-10H,11H2,1-2H3,(H,20,23). The highest BCUT2D eigenvalue weighted by Crippen LogP contribution is 2.34. The van der Waals surface area contributed by atoms with E-state index >= 15 is 0 Å². The van der Waals surface area contributed by atoms with Crippen LogP contribution in [0.5, 0.6) is 17.2 Å². The second kappa shape index (κ2) is 6.44. The van der Waals surface area contributed by atoms with Crippen molar-refractivity contribution in [2.75, 3.05) is 19.2 Å². The van der Waals surface area contributed by atoms with Gasteiger partial charge < -0.3 is 19.5 Å². The van der Waals surface area contributed by atoms with Gasteiger partial charge in [0.05, 0.1) is 12.8 Å². The first kappa shape index (κ1) is 16.0. The molecule has 0 atom stereocenters. The number of hydrogen-bond acceptors (Lipinski definition) is 5. The Morgan fingerprint density at radius 1 is 1.12 bits per heavy atom. The number of carbonyl (C=O) groups is 1. The van der Waals surface area contributed by atoms with Crippen molar-refractivity contribution in [3.8, 4) is 28.5 Å². The number of rotatable bonds is 4. The third kappa shape index (κ3) is 2.95. The van der Waals surface area contributed by atoms with Gasteiger partial charge >= 0.3 is 0 Å². The molecule has 1 aliphatic heterocycles. The fourth-order valence-electron chi connectivity index (χ4n) is 2.78. The topological polar surface area (TPSA) is 74.6 Å². The van der Waals surface area contributed by atoms with Crippen molar-refractivity contribution >= 4 is 11.6 Å². The number of benzene rings is 2. The van der Waals surface area contributed by atoms with Crippen LogP contribution in [0.25, 0.3) is 11.3 Å². The summed E-state index contributed by atoms with van der Waals surface area (Å²) < 4.78 is 17.4. The van der Waals surface area contributed by atoms with E-state index in [0.29, 0.717) is 22.9 Å². The maximum atomic E-state index is 12.5. The monoisotopic (exact) mass is 351 g/mol. The Kier molecular flexibility index (Phi) is 3.96. The number of aryl methyl sites for hydroxylation is 1. The maximum Gasteiger partial charge on any atom is 0.276 e. The number of carbonyl (C=O) groups excluding carboxylic acids is 1. The molecule has 0 spiro atoms. The second-order valence-electron chi connectivity index (χ2n) is 5.79. The van der Waals surface area contributed by atoms with Crippen LogP contribution in [0, 0.1) is 0 Å². The SMILES string of the molecule is COc1ccc(-c2cc(C(=O)Nc3ccc4c(c3)OCO4)nn2C)cc1. The number of amides is 1. The summed E-state index contributed by atoms with van der Waals surface area (Å²) >= 11 is 0. The minimum absolute atomic E-state index is 0.193. The molecule has 26 heavy (non-hydrogen) atoms. The van der Waals surface area contributed by atoms with Gasteiger partial charge in [0.15, 0.2) is 17.2 Å². The minimum Gasteiger partial charge on any atom is -0.497 e. The molecule has 2 heterocycles. The van der Waals surface area contributed by atoms with Crippen molar-refractivity contribution in [2.24, 2.45) is 7.05 Å². The molecule has 1 amide bonds. The molecule has 2 aromatic carbocycles. The van der Waals surface area contributed by atoms with E-state index in [4.69, 9.17) is 14.2 Å². The molecule has 0 saturated carbocycles. The van der Waals surface area contributed by atoms with E-state index < -0.39 is 0 Å². The number of ether oxygens (including phenoxy) is 3. The van der Waals surface area contributed by atoms with Gasteiger partial charge in [-0.2, -0.15) is 5.10 Å². The summed E-state index contributed by atoms with van der Waals surface area (Å²) in [6.07, 6.45) is 0. The Balaban J connectivity index is 1.55. The molecule has 7 heteroatoms. The highest BCUT2D eigenvalue weighted by Gasteiger charge is 2.17. The van der Waals surface area contributed by atoms with E-state index in [2.05, 4.69) is 10.4 Å². The number of aromatic nitrogens is 2. The predicted octanol–water partition coefficient (Wildman–Crippen LogP) is 3.08. The van der Waals surface area contributed by atoms with Gasteiger partial charge in [-0.3, -0.25) is 9.48 Å². The summed E-state index contributed by atoms with van der Waals surface area (Å²) in [5, 5.41) is 7.14. The molecule has 0 aliphatic carbocycles. The van der Waals surface area contributed by atoms with Crippen molar-refractivity contribution in [3.63, 3.8) is 0 Å². The fourth-order valence-corrected chi connectivity index (χ4v) is 2.78. The zero-order valence-electron chi connectivity index (χ0n) is 14.4. The number of anilines is 1. The molecule has 7 nitrogen and oxygen atoms in total. The van der Waals surface area contributed by atoms with Crippen LogP contribution in [0.1, 0.15) is 10.5 Å². The van der Waals surface area contributed by atoms with Crippen molar-refractivity contribution in [1.29, 1.82) is 0 Å². The van der Waals surface area contributed by atoms with E-state index in [-0.39, 0.29) is 12.7 Å². The highest BCUT2D eigenvalue weighted by atomic mass is 16.7. The van der Waals surface area contributed by atoms with Crippen molar-refractivity contribution < 1.29 is 19.0 Å². The molecule has 3 aromatic rings.